The van der Waals surface area contributed by atoms with Gasteiger partial charge in [0, 0.05) is 0 Å². The summed E-state index contributed by atoms with van der Waals surface area (Å²) < 4.78 is 0. The van der Waals surface area contributed by atoms with Crippen LogP contribution in [0.3, 0.4) is 0 Å². The Bertz CT molecular complexity index is 510. The topological polar surface area (TPSA) is 59.1 Å². The van der Waals surface area contributed by atoms with Crippen LogP contribution in [-0.2, 0) is 5.60 Å². The van der Waals surface area contributed by atoms with Gasteiger partial charge in [-0.25, -0.2) is 4.98 Å². The van der Waals surface area contributed by atoms with Crippen molar-refractivity contribution < 1.29 is 5.11 Å². The number of allylic oxidation sites excluding steroid dienone is 2. The average molecular weight is 260 g/mol. The Kier molecular flexibility index (Phi) is 3.43. The number of anilines is 1. The summed E-state index contributed by atoms with van der Waals surface area (Å²) in [5, 5.41) is 10.1. The van der Waals surface area contributed by atoms with Crippen molar-refractivity contribution in [2.24, 2.45) is 5.41 Å². The van der Waals surface area contributed by atoms with Crippen molar-refractivity contribution in [2.45, 2.75) is 52.6 Å². The minimum absolute atomic E-state index is 0.367. The number of nitrogen functional groups attached to an aromatic ring is 1. The lowest BCUT2D eigenvalue weighted by Crippen LogP contribution is -2.19. The molecule has 2 rings (SSSR count). The minimum atomic E-state index is -0.934. The van der Waals surface area contributed by atoms with Crippen LogP contribution in [0.5, 0.6) is 0 Å². The molecule has 1 aliphatic rings. The second-order valence-electron chi connectivity index (χ2n) is 6.79. The first kappa shape index (κ1) is 14.1. The number of nitrogens with zero attached hydrogens (tertiary/aromatic N) is 1. The van der Waals surface area contributed by atoms with Crippen LogP contribution in [0.15, 0.2) is 18.2 Å². The summed E-state index contributed by atoms with van der Waals surface area (Å²) in [4.78, 5) is 4.57. The molecule has 1 aliphatic carbocycles. The quantitative estimate of drug-likeness (QED) is 0.855. The predicted octanol–water partition coefficient (Wildman–Crippen LogP) is 3.48. The molecule has 1 heterocycles. The van der Waals surface area contributed by atoms with Crippen molar-refractivity contribution in [3.8, 4) is 0 Å². The largest absolute Gasteiger partial charge is 0.397 e. The van der Waals surface area contributed by atoms with Crippen LogP contribution < -0.4 is 5.73 Å². The first-order valence-electron chi connectivity index (χ1n) is 6.88. The minimum Gasteiger partial charge on any atom is -0.397 e. The summed E-state index contributed by atoms with van der Waals surface area (Å²) in [7, 11) is 0. The zero-order valence-corrected chi connectivity index (χ0v) is 12.3. The Morgan fingerprint density at radius 2 is 2.00 bits per heavy atom. The highest BCUT2D eigenvalue weighted by atomic mass is 16.3. The highest BCUT2D eigenvalue weighted by Gasteiger charge is 2.25. The van der Waals surface area contributed by atoms with E-state index in [2.05, 4.69) is 24.9 Å². The number of aromatic nitrogens is 1. The average Bonchev–Trinajstić information content (AvgIpc) is 2.29. The molecule has 0 saturated carbocycles. The van der Waals surface area contributed by atoms with Gasteiger partial charge in [-0.1, -0.05) is 19.9 Å². The normalized spacial score (nSPS) is 19.1. The Morgan fingerprint density at radius 1 is 1.32 bits per heavy atom. The van der Waals surface area contributed by atoms with E-state index in [-0.39, 0.29) is 0 Å². The molecule has 19 heavy (non-hydrogen) atoms. The van der Waals surface area contributed by atoms with Gasteiger partial charge in [-0.3, -0.25) is 0 Å². The van der Waals surface area contributed by atoms with Crippen LogP contribution in [0.1, 0.15) is 58.3 Å². The second-order valence-corrected chi connectivity index (χ2v) is 6.79. The van der Waals surface area contributed by atoms with Gasteiger partial charge in [-0.05, 0) is 56.2 Å². The van der Waals surface area contributed by atoms with Crippen LogP contribution in [0.4, 0.5) is 5.69 Å². The van der Waals surface area contributed by atoms with E-state index in [4.69, 9.17) is 5.73 Å². The Hall–Kier alpha value is -1.35. The van der Waals surface area contributed by atoms with E-state index in [1.807, 2.05) is 6.07 Å². The highest BCUT2D eigenvalue weighted by molar-refractivity contribution is 5.72. The van der Waals surface area contributed by atoms with Crippen molar-refractivity contribution in [3.05, 3.63) is 29.6 Å². The van der Waals surface area contributed by atoms with Gasteiger partial charge in [0.25, 0.3) is 0 Å². The molecule has 0 fully saturated rings. The lowest BCUT2D eigenvalue weighted by molar-refractivity contribution is 0.0738. The molecule has 1 aromatic heterocycles. The maximum atomic E-state index is 10.1. The predicted molar refractivity (Wildman–Crippen MR) is 79.5 cm³/mol. The number of hydrogen-bond acceptors (Lipinski definition) is 3. The van der Waals surface area contributed by atoms with Crippen molar-refractivity contribution in [2.75, 3.05) is 5.73 Å². The molecule has 3 heteroatoms. The van der Waals surface area contributed by atoms with Gasteiger partial charge in [0.2, 0.25) is 0 Å². The maximum Gasteiger partial charge on any atom is 0.101 e. The summed E-state index contributed by atoms with van der Waals surface area (Å²) in [6.45, 7) is 8.05. The summed E-state index contributed by atoms with van der Waals surface area (Å²) >= 11 is 0. The zero-order chi connectivity index (χ0) is 14.3. The monoisotopic (exact) mass is 260 g/mol. The van der Waals surface area contributed by atoms with Gasteiger partial charge < -0.3 is 10.8 Å². The third-order valence-corrected chi connectivity index (χ3v) is 3.83. The summed E-state index contributed by atoms with van der Waals surface area (Å²) in [5.74, 6) is 0. The maximum absolute atomic E-state index is 10.1. The first-order valence-corrected chi connectivity index (χ1v) is 6.88. The molecule has 0 atom stereocenters. The van der Waals surface area contributed by atoms with E-state index in [0.29, 0.717) is 16.8 Å². The van der Waals surface area contributed by atoms with Gasteiger partial charge in [0.05, 0.1) is 17.1 Å². The summed E-state index contributed by atoms with van der Waals surface area (Å²) in [6.07, 6.45) is 5.44. The van der Waals surface area contributed by atoms with Gasteiger partial charge in [-0.2, -0.15) is 0 Å². The molecule has 0 unspecified atom stereocenters. The van der Waals surface area contributed by atoms with E-state index < -0.39 is 5.60 Å². The highest BCUT2D eigenvalue weighted by Crippen LogP contribution is 2.39. The molecule has 0 radical (unpaired) electrons. The van der Waals surface area contributed by atoms with E-state index >= 15 is 0 Å². The Balaban J connectivity index is 2.38. The molecule has 3 N–H and O–H groups in total. The molecule has 0 bridgehead atoms. The fourth-order valence-corrected chi connectivity index (χ4v) is 2.36. The third-order valence-electron chi connectivity index (χ3n) is 3.83. The number of aliphatic hydroxyl groups is 1. The number of pyridine rings is 1. The van der Waals surface area contributed by atoms with Crippen LogP contribution >= 0.6 is 0 Å². The van der Waals surface area contributed by atoms with E-state index in [9.17, 15) is 5.11 Å². The smallest absolute Gasteiger partial charge is 0.101 e. The molecule has 104 valence electrons. The van der Waals surface area contributed by atoms with Crippen molar-refractivity contribution in [1.29, 1.82) is 0 Å². The fraction of sp³-hybridized carbons (Fsp3) is 0.562. The lowest BCUT2D eigenvalue weighted by atomic mass is 9.77. The number of hydrogen-bond donors (Lipinski definition) is 2. The van der Waals surface area contributed by atoms with Crippen molar-refractivity contribution in [3.63, 3.8) is 0 Å². The van der Waals surface area contributed by atoms with Gasteiger partial charge in [0.1, 0.15) is 5.60 Å². The van der Waals surface area contributed by atoms with E-state index in [1.165, 1.54) is 5.57 Å². The van der Waals surface area contributed by atoms with E-state index in [0.717, 1.165) is 25.0 Å². The molecule has 0 aliphatic heterocycles. The van der Waals surface area contributed by atoms with Crippen molar-refractivity contribution in [1.82, 2.24) is 4.98 Å². The van der Waals surface area contributed by atoms with Gasteiger partial charge in [-0.15, -0.1) is 0 Å². The fourth-order valence-electron chi connectivity index (χ4n) is 2.36. The second kappa shape index (κ2) is 4.64. The SMILES string of the molecule is CC1(C)CC=C(c2nc(C(C)(C)O)ccc2N)CC1. The molecular formula is C16H24N2O. The summed E-state index contributed by atoms with van der Waals surface area (Å²) in [5.41, 5.74) is 8.90. The van der Waals surface area contributed by atoms with Crippen LogP contribution in [0.25, 0.3) is 5.57 Å². The van der Waals surface area contributed by atoms with Crippen molar-refractivity contribution >= 4 is 11.3 Å². The molecular weight excluding hydrogens is 236 g/mol. The van der Waals surface area contributed by atoms with Gasteiger partial charge in [0.15, 0.2) is 0 Å². The van der Waals surface area contributed by atoms with Crippen LogP contribution in [-0.4, -0.2) is 10.1 Å². The molecule has 1 aromatic rings. The standard InChI is InChI=1S/C16H24N2O/c1-15(2)9-7-11(8-10-15)14-12(17)5-6-13(18-14)16(3,4)19/h5-7,19H,8-10,17H2,1-4H3. The van der Waals surface area contributed by atoms with E-state index in [1.54, 1.807) is 19.9 Å². The molecule has 0 amide bonds. The molecule has 3 nitrogen and oxygen atoms in total. The number of rotatable bonds is 2. The molecule has 0 spiro atoms. The Morgan fingerprint density at radius 3 is 2.53 bits per heavy atom. The van der Waals surface area contributed by atoms with Crippen LogP contribution in [0.2, 0.25) is 0 Å². The zero-order valence-electron chi connectivity index (χ0n) is 12.3. The molecule has 0 saturated heterocycles. The summed E-state index contributed by atoms with van der Waals surface area (Å²) in [6, 6.07) is 3.64. The lowest BCUT2D eigenvalue weighted by Gasteiger charge is -2.29. The third kappa shape index (κ3) is 3.16. The number of nitrogens with two attached hydrogens (primary N) is 1. The molecule has 0 aromatic carbocycles. The van der Waals surface area contributed by atoms with Crippen LogP contribution in [0, 0.1) is 5.41 Å². The Labute approximate surface area is 115 Å². The first-order chi connectivity index (χ1) is 8.69. The van der Waals surface area contributed by atoms with Gasteiger partial charge >= 0.3 is 0 Å².